The van der Waals surface area contributed by atoms with Gasteiger partial charge in [-0.05, 0) is 30.7 Å². The summed E-state index contributed by atoms with van der Waals surface area (Å²) in [6, 6.07) is 5.51. The molecule has 3 N–H and O–H groups in total. The number of esters is 1. The zero-order chi connectivity index (χ0) is 22.2. The standard InChI is InChI=1S/C22H36N2O5S/c1-2-3-4-5-6-7-8-9-10-11-18-29-22(26)17-16-21(25)24-19-12-14-20(15-13-19)30(23,27)28/h12-15H,2-11,16-18H2,1H3,(H,24,25)(H2,23,27,28). The van der Waals surface area contributed by atoms with Gasteiger partial charge in [0.05, 0.1) is 17.9 Å². The number of carbonyl (C=O) groups is 2. The highest BCUT2D eigenvalue weighted by molar-refractivity contribution is 7.89. The highest BCUT2D eigenvalue weighted by Gasteiger charge is 2.10. The molecule has 0 saturated carbocycles. The third-order valence-corrected chi connectivity index (χ3v) is 5.71. The largest absolute Gasteiger partial charge is 0.466 e. The van der Waals surface area contributed by atoms with Crippen molar-refractivity contribution in [1.82, 2.24) is 0 Å². The van der Waals surface area contributed by atoms with Crippen molar-refractivity contribution in [1.29, 1.82) is 0 Å². The summed E-state index contributed by atoms with van der Waals surface area (Å²) in [5.74, 6) is -0.722. The third kappa shape index (κ3) is 12.6. The molecule has 1 rings (SSSR count). The molecule has 1 aromatic rings. The molecule has 7 nitrogen and oxygen atoms in total. The third-order valence-electron chi connectivity index (χ3n) is 4.78. The summed E-state index contributed by atoms with van der Waals surface area (Å²) in [6.45, 7) is 2.62. The number of ether oxygens (including phenoxy) is 1. The number of anilines is 1. The fourth-order valence-electron chi connectivity index (χ4n) is 3.01. The van der Waals surface area contributed by atoms with Crippen molar-refractivity contribution in [2.24, 2.45) is 5.14 Å². The van der Waals surface area contributed by atoms with Crippen molar-refractivity contribution in [2.45, 2.75) is 88.9 Å². The van der Waals surface area contributed by atoms with Crippen LogP contribution in [0.2, 0.25) is 0 Å². The molecule has 0 aromatic heterocycles. The van der Waals surface area contributed by atoms with Crippen LogP contribution >= 0.6 is 0 Å². The Bertz CT molecular complexity index is 732. The van der Waals surface area contributed by atoms with Crippen LogP contribution in [0.5, 0.6) is 0 Å². The van der Waals surface area contributed by atoms with Gasteiger partial charge >= 0.3 is 5.97 Å². The average Bonchev–Trinajstić information content (AvgIpc) is 2.70. The summed E-state index contributed by atoms with van der Waals surface area (Å²) in [5, 5.41) is 7.63. The minimum absolute atomic E-state index is 0.00774. The maximum Gasteiger partial charge on any atom is 0.306 e. The molecule has 0 saturated heterocycles. The van der Waals surface area contributed by atoms with E-state index in [4.69, 9.17) is 9.88 Å². The predicted molar refractivity (Wildman–Crippen MR) is 118 cm³/mol. The highest BCUT2D eigenvalue weighted by Crippen LogP contribution is 2.13. The lowest BCUT2D eigenvalue weighted by Gasteiger charge is -2.07. The van der Waals surface area contributed by atoms with Crippen molar-refractivity contribution in [3.63, 3.8) is 0 Å². The van der Waals surface area contributed by atoms with Gasteiger partial charge in [0.25, 0.3) is 0 Å². The number of nitrogens with two attached hydrogens (primary N) is 1. The van der Waals surface area contributed by atoms with Crippen molar-refractivity contribution < 1.29 is 22.7 Å². The van der Waals surface area contributed by atoms with Gasteiger partial charge in [-0.1, -0.05) is 64.7 Å². The fraction of sp³-hybridized carbons (Fsp3) is 0.636. The van der Waals surface area contributed by atoms with E-state index in [2.05, 4.69) is 12.2 Å². The number of nitrogens with one attached hydrogen (secondary N) is 1. The Morgan fingerprint density at radius 2 is 1.40 bits per heavy atom. The minimum atomic E-state index is -3.77. The van der Waals surface area contributed by atoms with E-state index in [1.165, 1.54) is 69.2 Å². The van der Waals surface area contributed by atoms with Gasteiger partial charge < -0.3 is 10.1 Å². The maximum absolute atomic E-state index is 11.9. The van der Waals surface area contributed by atoms with Crippen LogP contribution in [0.25, 0.3) is 0 Å². The van der Waals surface area contributed by atoms with E-state index in [1.54, 1.807) is 0 Å². The normalized spacial score (nSPS) is 11.3. The summed E-state index contributed by atoms with van der Waals surface area (Å²) in [5.41, 5.74) is 0.436. The predicted octanol–water partition coefficient (Wildman–Crippen LogP) is 4.52. The van der Waals surface area contributed by atoms with Crippen molar-refractivity contribution in [2.75, 3.05) is 11.9 Å². The van der Waals surface area contributed by atoms with Gasteiger partial charge in [0.1, 0.15) is 0 Å². The Morgan fingerprint density at radius 1 is 0.867 bits per heavy atom. The van der Waals surface area contributed by atoms with Gasteiger partial charge in [-0.3, -0.25) is 9.59 Å². The molecular formula is C22H36N2O5S. The van der Waals surface area contributed by atoms with Crippen LogP contribution in [0.15, 0.2) is 29.2 Å². The lowest BCUT2D eigenvalue weighted by molar-refractivity contribution is -0.144. The number of benzene rings is 1. The molecule has 0 bridgehead atoms. The molecular weight excluding hydrogens is 404 g/mol. The van der Waals surface area contributed by atoms with Gasteiger partial charge in [0.2, 0.25) is 15.9 Å². The summed E-state index contributed by atoms with van der Waals surface area (Å²) in [7, 11) is -3.77. The van der Waals surface area contributed by atoms with Crippen LogP contribution in [0.1, 0.15) is 84.0 Å². The Morgan fingerprint density at radius 3 is 1.93 bits per heavy atom. The smallest absolute Gasteiger partial charge is 0.306 e. The zero-order valence-electron chi connectivity index (χ0n) is 18.0. The SMILES string of the molecule is CCCCCCCCCCCCOC(=O)CCC(=O)Nc1ccc(S(N)(=O)=O)cc1. The first-order valence-electron chi connectivity index (χ1n) is 10.9. The molecule has 1 aromatic carbocycles. The summed E-state index contributed by atoms with van der Waals surface area (Å²) >= 11 is 0. The Labute approximate surface area is 180 Å². The lowest BCUT2D eigenvalue weighted by atomic mass is 10.1. The second kappa shape index (κ2) is 15.0. The van der Waals surface area contributed by atoms with E-state index in [0.29, 0.717) is 12.3 Å². The van der Waals surface area contributed by atoms with Crippen LogP contribution in [0, 0.1) is 0 Å². The topological polar surface area (TPSA) is 116 Å². The quantitative estimate of drug-likeness (QED) is 0.290. The van der Waals surface area contributed by atoms with E-state index < -0.39 is 10.0 Å². The number of carbonyl (C=O) groups excluding carboxylic acids is 2. The van der Waals surface area contributed by atoms with E-state index in [1.807, 2.05) is 0 Å². The van der Waals surface area contributed by atoms with E-state index in [9.17, 15) is 18.0 Å². The molecule has 0 aliphatic carbocycles. The van der Waals surface area contributed by atoms with Gasteiger partial charge in [-0.25, -0.2) is 13.6 Å². The fourth-order valence-corrected chi connectivity index (χ4v) is 3.53. The molecule has 0 heterocycles. The first-order valence-corrected chi connectivity index (χ1v) is 12.5. The van der Waals surface area contributed by atoms with Crippen LogP contribution in [0.4, 0.5) is 5.69 Å². The highest BCUT2D eigenvalue weighted by atomic mass is 32.2. The van der Waals surface area contributed by atoms with Crippen molar-refractivity contribution in [3.05, 3.63) is 24.3 Å². The van der Waals surface area contributed by atoms with Crippen molar-refractivity contribution >= 4 is 27.6 Å². The molecule has 0 aliphatic heterocycles. The molecule has 0 fully saturated rings. The van der Waals surface area contributed by atoms with Gasteiger partial charge in [0, 0.05) is 12.1 Å². The minimum Gasteiger partial charge on any atom is -0.466 e. The number of primary sulfonamides is 1. The molecule has 30 heavy (non-hydrogen) atoms. The number of rotatable bonds is 16. The molecule has 0 atom stereocenters. The Hall–Kier alpha value is -1.93. The first-order chi connectivity index (χ1) is 14.3. The number of amides is 1. The summed E-state index contributed by atoms with van der Waals surface area (Å²) in [4.78, 5) is 23.6. The van der Waals surface area contributed by atoms with Crippen LogP contribution < -0.4 is 10.5 Å². The Balaban J connectivity index is 2.05. The number of hydrogen-bond acceptors (Lipinski definition) is 5. The Kier molecular flexibility index (Phi) is 13.0. The molecule has 8 heteroatoms. The monoisotopic (exact) mass is 440 g/mol. The van der Waals surface area contributed by atoms with E-state index in [-0.39, 0.29) is 29.6 Å². The van der Waals surface area contributed by atoms with Gasteiger partial charge in [0.15, 0.2) is 0 Å². The number of unbranched alkanes of at least 4 members (excludes halogenated alkanes) is 9. The van der Waals surface area contributed by atoms with Crippen LogP contribution in [0.3, 0.4) is 0 Å². The molecule has 0 radical (unpaired) electrons. The zero-order valence-corrected chi connectivity index (χ0v) is 18.8. The molecule has 1 amide bonds. The van der Waals surface area contributed by atoms with E-state index in [0.717, 1.165) is 19.3 Å². The van der Waals surface area contributed by atoms with Gasteiger partial charge in [-0.15, -0.1) is 0 Å². The average molecular weight is 441 g/mol. The van der Waals surface area contributed by atoms with Crippen molar-refractivity contribution in [3.8, 4) is 0 Å². The number of hydrogen-bond donors (Lipinski definition) is 2. The lowest BCUT2D eigenvalue weighted by Crippen LogP contribution is -2.15. The second-order valence-corrected chi connectivity index (χ2v) is 9.08. The van der Waals surface area contributed by atoms with Crippen LogP contribution in [-0.2, 0) is 24.3 Å². The molecule has 0 spiro atoms. The first kappa shape index (κ1) is 26.1. The maximum atomic E-state index is 11.9. The second-order valence-electron chi connectivity index (χ2n) is 7.52. The molecule has 170 valence electrons. The van der Waals surface area contributed by atoms with E-state index >= 15 is 0 Å². The summed E-state index contributed by atoms with van der Waals surface area (Å²) < 4.78 is 27.6. The number of sulfonamides is 1. The molecule has 0 aliphatic rings. The van der Waals surface area contributed by atoms with Gasteiger partial charge in [-0.2, -0.15) is 0 Å². The van der Waals surface area contributed by atoms with Crippen LogP contribution in [-0.4, -0.2) is 26.9 Å². The molecule has 0 unspecified atom stereocenters. The summed E-state index contributed by atoms with van der Waals surface area (Å²) in [6.07, 6.45) is 12.2.